The summed E-state index contributed by atoms with van der Waals surface area (Å²) < 4.78 is 5.57. The van der Waals surface area contributed by atoms with Gasteiger partial charge in [-0.25, -0.2) is 4.98 Å². The lowest BCUT2D eigenvalue weighted by Gasteiger charge is -2.30. The number of carbonyl (C=O) groups excluding carboxylic acids is 2. The monoisotopic (exact) mass is 479 g/mol. The first-order chi connectivity index (χ1) is 16.9. The van der Waals surface area contributed by atoms with Crippen LogP contribution in [0, 0.1) is 5.92 Å². The van der Waals surface area contributed by atoms with E-state index in [0.717, 1.165) is 56.8 Å². The summed E-state index contributed by atoms with van der Waals surface area (Å²) in [6.07, 6.45) is 5.46. The molecule has 10 nitrogen and oxygen atoms in total. The second-order valence-electron chi connectivity index (χ2n) is 9.68. The summed E-state index contributed by atoms with van der Waals surface area (Å²) in [5.74, 6) is 1.72. The van der Waals surface area contributed by atoms with E-state index >= 15 is 0 Å². The fraction of sp³-hybridized carbons (Fsp3) is 0.520. The predicted molar refractivity (Wildman–Crippen MR) is 135 cm³/mol. The van der Waals surface area contributed by atoms with E-state index in [0.29, 0.717) is 29.5 Å². The molecule has 2 bridgehead atoms. The molecule has 186 valence electrons. The van der Waals surface area contributed by atoms with Gasteiger partial charge >= 0.3 is 0 Å². The van der Waals surface area contributed by atoms with Crippen LogP contribution in [0.25, 0.3) is 0 Å². The number of hydrogen-bond donors (Lipinski definition) is 2. The highest BCUT2D eigenvalue weighted by molar-refractivity contribution is 5.99. The standard InChI is InChI=1S/C25H33N7O3/c1-30-11-8-18(9-12-30)27-23(33)16-6-7-19(21(13-16)35-3)28-25-26-14-20-22(29-25)32-10-4-5-17(15-32)24(34)31(20)2/h6-7,13-14,17-18H,4-5,8-12,15H2,1-3H3,(H,27,33)(H,26,28,29). The van der Waals surface area contributed by atoms with Gasteiger partial charge in [-0.3, -0.25) is 9.59 Å². The van der Waals surface area contributed by atoms with Gasteiger partial charge in [0.25, 0.3) is 5.91 Å². The van der Waals surface area contributed by atoms with Crippen LogP contribution in [0.3, 0.4) is 0 Å². The van der Waals surface area contributed by atoms with Crippen LogP contribution < -0.4 is 25.2 Å². The Morgan fingerprint density at radius 1 is 1.14 bits per heavy atom. The van der Waals surface area contributed by atoms with Crippen molar-refractivity contribution in [2.75, 3.05) is 62.5 Å². The fourth-order valence-corrected chi connectivity index (χ4v) is 5.14. The van der Waals surface area contributed by atoms with E-state index < -0.39 is 0 Å². The van der Waals surface area contributed by atoms with Crippen LogP contribution in [0.2, 0.25) is 0 Å². The highest BCUT2D eigenvalue weighted by atomic mass is 16.5. The van der Waals surface area contributed by atoms with Crippen molar-refractivity contribution >= 4 is 35.0 Å². The summed E-state index contributed by atoms with van der Waals surface area (Å²) in [6.45, 7) is 3.52. The Morgan fingerprint density at radius 3 is 2.71 bits per heavy atom. The number of methoxy groups -OCH3 is 1. The minimum absolute atomic E-state index is 0.00679. The van der Waals surface area contributed by atoms with Gasteiger partial charge < -0.3 is 30.1 Å². The molecule has 1 aromatic heterocycles. The number of likely N-dealkylation sites (tertiary alicyclic amines) is 1. The molecule has 2 saturated heterocycles. The van der Waals surface area contributed by atoms with Crippen LogP contribution in [0.1, 0.15) is 36.0 Å². The van der Waals surface area contributed by atoms with Crippen LogP contribution in [0.5, 0.6) is 5.75 Å². The Hall–Kier alpha value is -3.40. The SMILES string of the molecule is COc1cc(C(=O)NC2CCN(C)CC2)ccc1Nc1ncc2c(n1)N1CCCC(C1)C(=O)N2C. The highest BCUT2D eigenvalue weighted by Gasteiger charge is 2.35. The van der Waals surface area contributed by atoms with Gasteiger partial charge in [-0.2, -0.15) is 4.98 Å². The molecule has 5 rings (SSSR count). The largest absolute Gasteiger partial charge is 0.495 e. The molecular formula is C25H33N7O3. The molecular weight excluding hydrogens is 446 g/mol. The van der Waals surface area contributed by atoms with Crippen molar-refractivity contribution in [3.63, 3.8) is 0 Å². The number of carbonyl (C=O) groups is 2. The van der Waals surface area contributed by atoms with Crippen molar-refractivity contribution in [2.45, 2.75) is 31.7 Å². The van der Waals surface area contributed by atoms with Gasteiger partial charge in [0.2, 0.25) is 11.9 Å². The number of benzene rings is 1. The lowest BCUT2D eigenvalue weighted by molar-refractivity contribution is -0.122. The Bertz CT molecular complexity index is 1120. The first-order valence-corrected chi connectivity index (χ1v) is 12.3. The van der Waals surface area contributed by atoms with Crippen molar-refractivity contribution in [3.05, 3.63) is 30.0 Å². The van der Waals surface area contributed by atoms with Crippen molar-refractivity contribution in [1.82, 2.24) is 20.2 Å². The van der Waals surface area contributed by atoms with Crippen LogP contribution in [-0.2, 0) is 4.79 Å². The number of aromatic nitrogens is 2. The van der Waals surface area contributed by atoms with Gasteiger partial charge in [0.15, 0.2) is 5.82 Å². The topological polar surface area (TPSA) is 103 Å². The number of anilines is 4. The van der Waals surface area contributed by atoms with Crippen LogP contribution in [0.15, 0.2) is 24.4 Å². The number of nitrogens with one attached hydrogen (secondary N) is 2. The third kappa shape index (κ3) is 4.75. The zero-order chi connectivity index (χ0) is 24.5. The second kappa shape index (κ2) is 9.69. The Balaban J connectivity index is 1.34. The minimum atomic E-state index is -0.0990. The predicted octanol–water partition coefficient (Wildman–Crippen LogP) is 2.25. The van der Waals surface area contributed by atoms with Gasteiger partial charge in [0, 0.05) is 31.7 Å². The summed E-state index contributed by atoms with van der Waals surface area (Å²) in [5.41, 5.74) is 1.93. The van der Waals surface area contributed by atoms with Crippen molar-refractivity contribution in [1.29, 1.82) is 0 Å². The number of piperidine rings is 2. The van der Waals surface area contributed by atoms with E-state index in [1.165, 1.54) is 0 Å². The number of rotatable bonds is 5. The molecule has 0 radical (unpaired) electrons. The average molecular weight is 480 g/mol. The summed E-state index contributed by atoms with van der Waals surface area (Å²) in [5, 5.41) is 6.37. The third-order valence-corrected chi connectivity index (χ3v) is 7.28. The van der Waals surface area contributed by atoms with Crippen molar-refractivity contribution in [2.24, 2.45) is 5.92 Å². The number of hydrogen-bond acceptors (Lipinski definition) is 8. The number of ether oxygens (including phenoxy) is 1. The third-order valence-electron chi connectivity index (χ3n) is 7.28. The lowest BCUT2D eigenvalue weighted by Crippen LogP contribution is -2.43. The van der Waals surface area contributed by atoms with Gasteiger partial charge in [0.1, 0.15) is 11.4 Å². The van der Waals surface area contributed by atoms with Crippen LogP contribution >= 0.6 is 0 Å². The summed E-state index contributed by atoms with van der Waals surface area (Å²) in [4.78, 5) is 40.9. The molecule has 2 fully saturated rings. The molecule has 2 aromatic rings. The van der Waals surface area contributed by atoms with Crippen LogP contribution in [-0.4, -0.2) is 80.1 Å². The first kappa shape index (κ1) is 23.3. The van der Waals surface area contributed by atoms with E-state index in [-0.39, 0.29) is 23.8 Å². The van der Waals surface area contributed by atoms with Gasteiger partial charge in [-0.1, -0.05) is 0 Å². The smallest absolute Gasteiger partial charge is 0.251 e. The zero-order valence-electron chi connectivity index (χ0n) is 20.6. The minimum Gasteiger partial charge on any atom is -0.495 e. The molecule has 2 amide bonds. The fourth-order valence-electron chi connectivity index (χ4n) is 5.14. The molecule has 2 N–H and O–H groups in total. The number of nitrogens with zero attached hydrogens (tertiary/aromatic N) is 5. The molecule has 3 aliphatic rings. The molecule has 0 aliphatic carbocycles. The van der Waals surface area contributed by atoms with E-state index in [1.807, 2.05) is 6.07 Å². The lowest BCUT2D eigenvalue weighted by atomic mass is 9.98. The van der Waals surface area contributed by atoms with E-state index in [4.69, 9.17) is 9.72 Å². The number of fused-ring (bicyclic) bond motifs is 4. The Labute approximate surface area is 205 Å². The Kier molecular flexibility index (Phi) is 6.46. The van der Waals surface area contributed by atoms with E-state index in [2.05, 4.69) is 32.5 Å². The average Bonchev–Trinajstić information content (AvgIpc) is 2.95. The van der Waals surface area contributed by atoms with Gasteiger partial charge in [0.05, 0.1) is 24.9 Å². The van der Waals surface area contributed by atoms with Gasteiger partial charge in [-0.05, 0) is 64.0 Å². The van der Waals surface area contributed by atoms with E-state index in [1.54, 1.807) is 37.4 Å². The molecule has 0 spiro atoms. The quantitative estimate of drug-likeness (QED) is 0.673. The maximum atomic E-state index is 12.8. The zero-order valence-corrected chi connectivity index (χ0v) is 20.6. The van der Waals surface area contributed by atoms with Crippen molar-refractivity contribution in [3.8, 4) is 5.75 Å². The normalized spacial score (nSPS) is 20.8. The van der Waals surface area contributed by atoms with E-state index in [9.17, 15) is 9.59 Å². The molecule has 0 saturated carbocycles. The molecule has 3 aliphatic heterocycles. The maximum Gasteiger partial charge on any atom is 0.251 e. The molecule has 1 atom stereocenters. The summed E-state index contributed by atoms with van der Waals surface area (Å²) in [6, 6.07) is 5.51. The van der Waals surface area contributed by atoms with Gasteiger partial charge in [-0.15, -0.1) is 0 Å². The summed E-state index contributed by atoms with van der Waals surface area (Å²) >= 11 is 0. The molecule has 4 heterocycles. The summed E-state index contributed by atoms with van der Waals surface area (Å²) in [7, 11) is 5.47. The molecule has 1 unspecified atom stereocenters. The molecule has 1 aromatic carbocycles. The number of amides is 2. The van der Waals surface area contributed by atoms with Crippen LogP contribution in [0.4, 0.5) is 23.1 Å². The first-order valence-electron chi connectivity index (χ1n) is 12.3. The maximum absolute atomic E-state index is 12.8. The second-order valence-corrected chi connectivity index (χ2v) is 9.68. The van der Waals surface area contributed by atoms with Crippen molar-refractivity contribution < 1.29 is 14.3 Å². The molecule has 10 heteroatoms. The Morgan fingerprint density at radius 2 is 1.94 bits per heavy atom. The highest BCUT2D eigenvalue weighted by Crippen LogP contribution is 2.36. The molecule has 35 heavy (non-hydrogen) atoms.